The lowest BCUT2D eigenvalue weighted by Gasteiger charge is -2.43. The van der Waals surface area contributed by atoms with Crippen molar-refractivity contribution in [2.75, 3.05) is 6.54 Å². The molecule has 1 aromatic rings. The largest absolute Gasteiger partial charge is 0.508 e. The van der Waals surface area contributed by atoms with Crippen LogP contribution in [0.3, 0.4) is 0 Å². The van der Waals surface area contributed by atoms with Gasteiger partial charge < -0.3 is 15.1 Å². The Morgan fingerprint density at radius 3 is 2.14 bits per heavy atom. The van der Waals surface area contributed by atoms with Gasteiger partial charge in [-0.15, -0.1) is 0 Å². The molecule has 0 saturated carbocycles. The third-order valence-electron chi connectivity index (χ3n) is 5.84. The first-order valence-corrected chi connectivity index (χ1v) is 9.78. The van der Waals surface area contributed by atoms with Crippen molar-refractivity contribution in [3.05, 3.63) is 52.4 Å². The molecule has 28 heavy (non-hydrogen) atoms. The highest BCUT2D eigenvalue weighted by atomic mass is 16.4. The number of carbonyl (C=O) groups is 3. The summed E-state index contributed by atoms with van der Waals surface area (Å²) in [6.07, 6.45) is 3.65. The molecule has 2 aliphatic carbocycles. The number of aromatic hydroxyl groups is 1. The number of carbonyl (C=O) groups excluding carboxylic acids is 2. The lowest BCUT2D eigenvalue weighted by atomic mass is 9.71. The number of allylic oxidation sites excluding steroid dienone is 4. The lowest BCUT2D eigenvalue weighted by molar-refractivity contribution is -0.137. The smallest absolute Gasteiger partial charge is 0.305 e. The van der Waals surface area contributed by atoms with Crippen molar-refractivity contribution in [3.63, 3.8) is 0 Å². The average Bonchev–Trinajstić information content (AvgIpc) is 2.66. The quantitative estimate of drug-likeness (QED) is 0.831. The number of phenols is 1. The molecule has 0 atom stereocenters. The number of carboxylic acid groups (broad SMARTS) is 1. The van der Waals surface area contributed by atoms with Gasteiger partial charge in [-0.25, -0.2) is 0 Å². The number of rotatable bonds is 4. The molecule has 1 aliphatic heterocycles. The van der Waals surface area contributed by atoms with Gasteiger partial charge in [-0.2, -0.15) is 0 Å². The highest BCUT2D eigenvalue weighted by Crippen LogP contribution is 2.49. The fourth-order valence-corrected chi connectivity index (χ4v) is 4.73. The normalized spacial score (nSPS) is 20.4. The van der Waals surface area contributed by atoms with Crippen molar-refractivity contribution in [1.29, 1.82) is 0 Å². The monoisotopic (exact) mass is 381 g/mol. The number of ketones is 2. The number of hydrogen-bond acceptors (Lipinski definition) is 5. The summed E-state index contributed by atoms with van der Waals surface area (Å²) in [5.74, 6) is -1.25. The molecule has 4 rings (SSSR count). The molecule has 0 unspecified atom stereocenters. The second-order valence-corrected chi connectivity index (χ2v) is 7.60. The minimum Gasteiger partial charge on any atom is -0.508 e. The van der Waals surface area contributed by atoms with Gasteiger partial charge in [-0.3, -0.25) is 14.4 Å². The van der Waals surface area contributed by atoms with Crippen molar-refractivity contribution < 1.29 is 24.6 Å². The molecule has 0 saturated heterocycles. The van der Waals surface area contributed by atoms with E-state index in [0.717, 1.165) is 29.8 Å². The number of hydrogen-bond donors (Lipinski definition) is 2. The molecule has 2 N–H and O–H groups in total. The van der Waals surface area contributed by atoms with Crippen LogP contribution >= 0.6 is 0 Å². The van der Waals surface area contributed by atoms with Gasteiger partial charge in [-0.05, 0) is 43.4 Å². The van der Waals surface area contributed by atoms with Crippen LogP contribution in [0.1, 0.15) is 56.4 Å². The number of nitrogens with zero attached hydrogens (tertiary/aromatic N) is 1. The number of Topliss-reactive ketones (excluding diaryl/α,β-unsaturated/α-hetero) is 2. The molecule has 0 amide bonds. The summed E-state index contributed by atoms with van der Waals surface area (Å²) in [5, 5.41) is 19.2. The van der Waals surface area contributed by atoms with Crippen LogP contribution in [0, 0.1) is 0 Å². The summed E-state index contributed by atoms with van der Waals surface area (Å²) in [7, 11) is 0. The molecule has 0 bridgehead atoms. The van der Waals surface area contributed by atoms with Crippen LogP contribution in [0.15, 0.2) is 46.8 Å². The van der Waals surface area contributed by atoms with Crippen LogP contribution < -0.4 is 0 Å². The molecule has 0 aromatic heterocycles. The molecule has 0 spiro atoms. The van der Waals surface area contributed by atoms with Gasteiger partial charge in [0.1, 0.15) is 5.75 Å². The fraction of sp³-hybridized carbons (Fsp3) is 0.409. The van der Waals surface area contributed by atoms with Crippen LogP contribution in [0.5, 0.6) is 5.75 Å². The van der Waals surface area contributed by atoms with Crippen molar-refractivity contribution in [2.24, 2.45) is 0 Å². The third-order valence-corrected chi connectivity index (χ3v) is 5.84. The van der Waals surface area contributed by atoms with Gasteiger partial charge in [-0.1, -0.05) is 12.1 Å². The first kappa shape index (κ1) is 18.5. The van der Waals surface area contributed by atoms with E-state index in [0.29, 0.717) is 36.8 Å². The van der Waals surface area contributed by atoms with E-state index in [1.165, 1.54) is 0 Å². The highest BCUT2D eigenvalue weighted by molar-refractivity contribution is 6.06. The third kappa shape index (κ3) is 3.13. The van der Waals surface area contributed by atoms with E-state index in [4.69, 9.17) is 0 Å². The summed E-state index contributed by atoms with van der Waals surface area (Å²) in [6, 6.07) is 6.76. The van der Waals surface area contributed by atoms with Crippen molar-refractivity contribution >= 4 is 17.5 Å². The number of carboxylic acids is 1. The standard InChI is InChI=1S/C22H23NO5/c24-14-5-1-4-13(12-14)20-21-15(6-2-8-17(21)25)23(11-10-19(27)28)16-7-3-9-18(26)22(16)20/h1,4-5,12,20,24H,2-3,6-11H2,(H,27,28). The Balaban J connectivity index is 1.91. The first-order valence-electron chi connectivity index (χ1n) is 9.78. The fourth-order valence-electron chi connectivity index (χ4n) is 4.73. The Hall–Kier alpha value is -2.89. The second kappa shape index (κ2) is 7.26. The minimum atomic E-state index is -0.899. The molecule has 3 aliphatic rings. The predicted molar refractivity (Wildman–Crippen MR) is 102 cm³/mol. The summed E-state index contributed by atoms with van der Waals surface area (Å²) in [5.41, 5.74) is 3.68. The zero-order chi connectivity index (χ0) is 19.8. The predicted octanol–water partition coefficient (Wildman–Crippen LogP) is 3.28. The van der Waals surface area contributed by atoms with Crippen LogP contribution in [-0.4, -0.2) is 39.2 Å². The van der Waals surface area contributed by atoms with Crippen molar-refractivity contribution in [2.45, 2.75) is 50.9 Å². The molecule has 0 radical (unpaired) electrons. The zero-order valence-corrected chi connectivity index (χ0v) is 15.6. The van der Waals surface area contributed by atoms with E-state index in [1.54, 1.807) is 18.2 Å². The van der Waals surface area contributed by atoms with Gasteiger partial charge in [0.05, 0.1) is 6.42 Å². The molecule has 6 heteroatoms. The summed E-state index contributed by atoms with van der Waals surface area (Å²) in [4.78, 5) is 39.1. The molecule has 6 nitrogen and oxygen atoms in total. The SMILES string of the molecule is O=C(O)CCN1C2=C(C(=O)CCC2)C(c2cccc(O)c2)C2=C1CCCC2=O. The maximum absolute atomic E-state index is 13.0. The minimum absolute atomic E-state index is 0.0137. The van der Waals surface area contributed by atoms with Gasteiger partial charge in [0.25, 0.3) is 0 Å². The molecule has 0 fully saturated rings. The van der Waals surface area contributed by atoms with Gasteiger partial charge >= 0.3 is 5.97 Å². The Labute approximate surface area is 163 Å². The van der Waals surface area contributed by atoms with Gasteiger partial charge in [0.2, 0.25) is 0 Å². The van der Waals surface area contributed by atoms with Gasteiger partial charge in [0.15, 0.2) is 11.6 Å². The van der Waals surface area contributed by atoms with E-state index < -0.39 is 11.9 Å². The van der Waals surface area contributed by atoms with Gasteiger partial charge in [0, 0.05) is 47.8 Å². The summed E-state index contributed by atoms with van der Waals surface area (Å²) < 4.78 is 0. The topological polar surface area (TPSA) is 94.9 Å². The van der Waals surface area contributed by atoms with E-state index >= 15 is 0 Å². The first-order chi connectivity index (χ1) is 13.5. The molecule has 1 aromatic carbocycles. The lowest BCUT2D eigenvalue weighted by Crippen LogP contribution is -2.39. The molecular weight excluding hydrogens is 358 g/mol. The van der Waals surface area contributed by atoms with Crippen LogP contribution in [-0.2, 0) is 14.4 Å². The summed E-state index contributed by atoms with van der Waals surface area (Å²) >= 11 is 0. The number of phenolic OH excluding ortho intramolecular Hbond substituents is 1. The van der Waals surface area contributed by atoms with E-state index in [-0.39, 0.29) is 30.3 Å². The van der Waals surface area contributed by atoms with Crippen LogP contribution in [0.4, 0.5) is 0 Å². The van der Waals surface area contributed by atoms with E-state index in [9.17, 15) is 24.6 Å². The zero-order valence-electron chi connectivity index (χ0n) is 15.6. The Bertz CT molecular complexity index is 883. The van der Waals surface area contributed by atoms with E-state index in [1.807, 2.05) is 11.0 Å². The Kier molecular flexibility index (Phi) is 4.79. The van der Waals surface area contributed by atoms with E-state index in [2.05, 4.69) is 0 Å². The molecular formula is C22H23NO5. The van der Waals surface area contributed by atoms with Crippen LogP contribution in [0.2, 0.25) is 0 Å². The van der Waals surface area contributed by atoms with Crippen LogP contribution in [0.25, 0.3) is 0 Å². The molecule has 146 valence electrons. The Morgan fingerprint density at radius 2 is 1.61 bits per heavy atom. The average molecular weight is 381 g/mol. The maximum Gasteiger partial charge on any atom is 0.305 e. The number of benzene rings is 1. The summed E-state index contributed by atoms with van der Waals surface area (Å²) in [6.45, 7) is 0.264. The highest BCUT2D eigenvalue weighted by Gasteiger charge is 2.43. The van der Waals surface area contributed by atoms with Crippen molar-refractivity contribution in [1.82, 2.24) is 4.90 Å². The Morgan fingerprint density at radius 1 is 1.00 bits per heavy atom. The second-order valence-electron chi connectivity index (χ2n) is 7.60. The maximum atomic E-state index is 13.0. The van der Waals surface area contributed by atoms with Crippen molar-refractivity contribution in [3.8, 4) is 5.75 Å². The molecule has 1 heterocycles. The number of aliphatic carboxylic acids is 1.